The van der Waals surface area contributed by atoms with Crippen LogP contribution >= 0.6 is 11.3 Å². The molecule has 1 atom stereocenters. The molecule has 0 saturated carbocycles. The Morgan fingerprint density at radius 2 is 2.00 bits per heavy atom. The van der Waals surface area contributed by atoms with E-state index in [1.54, 1.807) is 11.3 Å². The highest BCUT2D eigenvalue weighted by atomic mass is 32.1. The SMILES string of the molecule is O=C1C[C@H](c2ccsc2)Cc2ccccc21. The van der Waals surface area contributed by atoms with Crippen LogP contribution in [0.2, 0.25) is 0 Å². The Hall–Kier alpha value is -1.41. The zero-order valence-electron chi connectivity index (χ0n) is 8.85. The Labute approximate surface area is 98.7 Å². The molecule has 2 aromatic rings. The largest absolute Gasteiger partial charge is 0.294 e. The molecular formula is C14H12OS. The number of hydrogen-bond donors (Lipinski definition) is 0. The highest BCUT2D eigenvalue weighted by molar-refractivity contribution is 7.08. The summed E-state index contributed by atoms with van der Waals surface area (Å²) in [6, 6.07) is 10.1. The quantitative estimate of drug-likeness (QED) is 0.728. The smallest absolute Gasteiger partial charge is 0.163 e. The van der Waals surface area contributed by atoms with Crippen molar-refractivity contribution in [3.8, 4) is 0 Å². The molecule has 1 aromatic carbocycles. The number of carbonyl (C=O) groups excluding carboxylic acids is 1. The molecule has 80 valence electrons. The maximum absolute atomic E-state index is 12.0. The van der Waals surface area contributed by atoms with Crippen molar-refractivity contribution in [3.63, 3.8) is 0 Å². The van der Waals surface area contributed by atoms with Crippen molar-refractivity contribution in [1.29, 1.82) is 0 Å². The minimum Gasteiger partial charge on any atom is -0.294 e. The lowest BCUT2D eigenvalue weighted by Crippen LogP contribution is -2.18. The molecule has 0 saturated heterocycles. The first-order chi connectivity index (χ1) is 7.84. The van der Waals surface area contributed by atoms with E-state index < -0.39 is 0 Å². The fraction of sp³-hybridized carbons (Fsp3) is 0.214. The molecule has 0 radical (unpaired) electrons. The van der Waals surface area contributed by atoms with Gasteiger partial charge in [0, 0.05) is 12.0 Å². The highest BCUT2D eigenvalue weighted by Crippen LogP contribution is 2.33. The van der Waals surface area contributed by atoms with E-state index in [9.17, 15) is 4.79 Å². The Balaban J connectivity index is 1.98. The van der Waals surface area contributed by atoms with Crippen LogP contribution in [0.5, 0.6) is 0 Å². The standard InChI is InChI=1S/C14H12OS/c15-14-8-12(11-5-6-16-9-11)7-10-3-1-2-4-13(10)14/h1-6,9,12H,7-8H2/t12-/m1/s1. The summed E-state index contributed by atoms with van der Waals surface area (Å²) in [6.45, 7) is 0. The van der Waals surface area contributed by atoms with Gasteiger partial charge in [-0.1, -0.05) is 24.3 Å². The van der Waals surface area contributed by atoms with E-state index in [1.165, 1.54) is 11.1 Å². The third-order valence-electron chi connectivity index (χ3n) is 3.23. The second kappa shape index (κ2) is 3.87. The number of rotatable bonds is 1. The maximum atomic E-state index is 12.0. The van der Waals surface area contributed by atoms with Gasteiger partial charge >= 0.3 is 0 Å². The molecule has 0 N–H and O–H groups in total. The van der Waals surface area contributed by atoms with Crippen LogP contribution in [0.25, 0.3) is 0 Å². The monoisotopic (exact) mass is 228 g/mol. The normalized spacial score (nSPS) is 19.5. The third-order valence-corrected chi connectivity index (χ3v) is 3.93. The third kappa shape index (κ3) is 1.59. The fourth-order valence-corrected chi connectivity index (χ4v) is 3.13. The molecule has 0 bridgehead atoms. The molecule has 0 amide bonds. The van der Waals surface area contributed by atoms with Crippen molar-refractivity contribution in [2.24, 2.45) is 0 Å². The minimum atomic E-state index is 0.290. The van der Waals surface area contributed by atoms with Crippen molar-refractivity contribution in [3.05, 3.63) is 57.8 Å². The van der Waals surface area contributed by atoms with Gasteiger partial charge in [0.2, 0.25) is 0 Å². The van der Waals surface area contributed by atoms with Gasteiger partial charge in [0.05, 0.1) is 0 Å². The summed E-state index contributed by atoms with van der Waals surface area (Å²) in [5.74, 6) is 0.673. The van der Waals surface area contributed by atoms with Crippen molar-refractivity contribution in [1.82, 2.24) is 0 Å². The van der Waals surface area contributed by atoms with Crippen LogP contribution in [-0.4, -0.2) is 5.78 Å². The summed E-state index contributed by atoms with van der Waals surface area (Å²) >= 11 is 1.70. The Kier molecular flexibility index (Phi) is 2.37. The Morgan fingerprint density at radius 1 is 1.12 bits per heavy atom. The molecule has 1 aromatic heterocycles. The molecule has 3 rings (SSSR count). The van der Waals surface area contributed by atoms with Crippen molar-refractivity contribution in [2.75, 3.05) is 0 Å². The minimum absolute atomic E-state index is 0.290. The highest BCUT2D eigenvalue weighted by Gasteiger charge is 2.25. The second-order valence-corrected chi connectivity index (χ2v) is 5.02. The first-order valence-corrected chi connectivity index (χ1v) is 6.42. The molecule has 0 spiro atoms. The van der Waals surface area contributed by atoms with Gasteiger partial charge in [-0.05, 0) is 40.3 Å². The summed E-state index contributed by atoms with van der Waals surface area (Å²) in [7, 11) is 0. The predicted molar refractivity (Wildman–Crippen MR) is 66.2 cm³/mol. The molecular weight excluding hydrogens is 216 g/mol. The van der Waals surface area contributed by atoms with Gasteiger partial charge in [-0.15, -0.1) is 0 Å². The van der Waals surface area contributed by atoms with Crippen LogP contribution < -0.4 is 0 Å². The molecule has 1 aliphatic carbocycles. The zero-order valence-corrected chi connectivity index (χ0v) is 9.67. The molecule has 2 heteroatoms. The molecule has 1 aliphatic rings. The molecule has 16 heavy (non-hydrogen) atoms. The van der Waals surface area contributed by atoms with Crippen molar-refractivity contribution >= 4 is 17.1 Å². The van der Waals surface area contributed by atoms with Gasteiger partial charge in [-0.2, -0.15) is 11.3 Å². The number of thiophene rings is 1. The number of benzene rings is 1. The van der Waals surface area contributed by atoms with Crippen LogP contribution in [-0.2, 0) is 6.42 Å². The van der Waals surface area contributed by atoms with Gasteiger partial charge in [0.25, 0.3) is 0 Å². The lowest BCUT2D eigenvalue weighted by molar-refractivity contribution is 0.0964. The number of carbonyl (C=O) groups is 1. The van der Waals surface area contributed by atoms with Crippen molar-refractivity contribution < 1.29 is 4.79 Å². The van der Waals surface area contributed by atoms with Crippen LogP contribution in [0, 0.1) is 0 Å². The summed E-state index contributed by atoms with van der Waals surface area (Å²) in [4.78, 5) is 12.0. The van der Waals surface area contributed by atoms with E-state index in [0.717, 1.165) is 12.0 Å². The van der Waals surface area contributed by atoms with Crippen LogP contribution in [0.1, 0.15) is 33.8 Å². The number of Topliss-reactive ketones (excluding diaryl/α,β-unsaturated/α-hetero) is 1. The predicted octanol–water partition coefficient (Wildman–Crippen LogP) is 3.66. The van der Waals surface area contributed by atoms with Gasteiger partial charge in [-0.3, -0.25) is 4.79 Å². The van der Waals surface area contributed by atoms with E-state index in [-0.39, 0.29) is 5.78 Å². The molecule has 0 unspecified atom stereocenters. The summed E-state index contributed by atoms with van der Waals surface area (Å²) < 4.78 is 0. The number of hydrogen-bond acceptors (Lipinski definition) is 2. The van der Waals surface area contributed by atoms with E-state index in [4.69, 9.17) is 0 Å². The van der Waals surface area contributed by atoms with E-state index in [1.807, 2.05) is 18.2 Å². The van der Waals surface area contributed by atoms with Gasteiger partial charge < -0.3 is 0 Å². The summed E-state index contributed by atoms with van der Waals surface area (Å²) in [6.07, 6.45) is 1.66. The van der Waals surface area contributed by atoms with Crippen molar-refractivity contribution in [2.45, 2.75) is 18.8 Å². The van der Waals surface area contributed by atoms with E-state index in [0.29, 0.717) is 12.3 Å². The average Bonchev–Trinajstić information content (AvgIpc) is 2.82. The van der Waals surface area contributed by atoms with E-state index >= 15 is 0 Å². The molecule has 0 fully saturated rings. The Bertz CT molecular complexity index is 513. The zero-order chi connectivity index (χ0) is 11.0. The second-order valence-electron chi connectivity index (χ2n) is 4.24. The van der Waals surface area contributed by atoms with Crippen LogP contribution in [0.3, 0.4) is 0 Å². The van der Waals surface area contributed by atoms with Gasteiger partial charge in [0.15, 0.2) is 5.78 Å². The number of fused-ring (bicyclic) bond motifs is 1. The fourth-order valence-electron chi connectivity index (χ4n) is 2.38. The van der Waals surface area contributed by atoms with E-state index in [2.05, 4.69) is 22.9 Å². The average molecular weight is 228 g/mol. The lowest BCUT2D eigenvalue weighted by Gasteiger charge is -2.22. The first kappa shape index (κ1) is 9.79. The van der Waals surface area contributed by atoms with Gasteiger partial charge in [-0.25, -0.2) is 0 Å². The van der Waals surface area contributed by atoms with Crippen LogP contribution in [0.15, 0.2) is 41.1 Å². The van der Waals surface area contributed by atoms with Crippen LogP contribution in [0.4, 0.5) is 0 Å². The maximum Gasteiger partial charge on any atom is 0.163 e. The topological polar surface area (TPSA) is 17.1 Å². The molecule has 0 aliphatic heterocycles. The lowest BCUT2D eigenvalue weighted by atomic mass is 9.80. The van der Waals surface area contributed by atoms with Gasteiger partial charge in [0.1, 0.15) is 0 Å². The number of ketones is 1. The Morgan fingerprint density at radius 3 is 2.81 bits per heavy atom. The first-order valence-electron chi connectivity index (χ1n) is 5.48. The summed E-state index contributed by atoms with van der Waals surface area (Å²) in [5, 5.41) is 4.24. The molecule has 1 heterocycles. The summed E-state index contributed by atoms with van der Waals surface area (Å²) in [5.41, 5.74) is 3.44. The molecule has 1 nitrogen and oxygen atoms in total.